The van der Waals surface area contributed by atoms with E-state index in [0.717, 1.165) is 38.1 Å². The fraction of sp³-hybridized carbons (Fsp3) is 0.409. The highest BCUT2D eigenvalue weighted by atomic mass is 19.4. The fourth-order valence-corrected chi connectivity index (χ4v) is 4.05. The van der Waals surface area contributed by atoms with Gasteiger partial charge in [-0.05, 0) is 44.0 Å². The summed E-state index contributed by atoms with van der Waals surface area (Å²) in [4.78, 5) is 18.5. The Kier molecular flexibility index (Phi) is 6.05. The number of piperidine rings is 1. The number of methoxy groups -OCH3 is 1. The molecule has 0 saturated carbocycles. The molecule has 170 valence electrons. The van der Waals surface area contributed by atoms with Crippen LogP contribution < -0.4 is 0 Å². The topological polar surface area (TPSA) is 73.4 Å². The molecule has 1 saturated heterocycles. The first-order valence-corrected chi connectivity index (χ1v) is 10.3. The molecule has 1 aromatic carbocycles. The van der Waals surface area contributed by atoms with Gasteiger partial charge in [0.1, 0.15) is 5.69 Å². The van der Waals surface area contributed by atoms with E-state index in [0.29, 0.717) is 11.6 Å². The number of rotatable bonds is 5. The van der Waals surface area contributed by atoms with Crippen molar-refractivity contribution < 1.29 is 27.2 Å². The van der Waals surface area contributed by atoms with E-state index in [-0.39, 0.29) is 29.4 Å². The second kappa shape index (κ2) is 8.78. The van der Waals surface area contributed by atoms with Crippen LogP contribution in [0.3, 0.4) is 0 Å². The summed E-state index contributed by atoms with van der Waals surface area (Å²) in [6.07, 6.45) is -0.918. The minimum atomic E-state index is -4.44. The van der Waals surface area contributed by atoms with Gasteiger partial charge in [0.15, 0.2) is 0 Å². The van der Waals surface area contributed by atoms with Crippen LogP contribution in [0, 0.1) is 0 Å². The quantitative estimate of drug-likeness (QED) is 0.525. The lowest BCUT2D eigenvalue weighted by atomic mass is 10.0. The molecule has 0 amide bonds. The summed E-state index contributed by atoms with van der Waals surface area (Å²) < 4.78 is 51.1. The van der Waals surface area contributed by atoms with Crippen molar-refractivity contribution in [3.8, 4) is 11.4 Å². The number of nitrogens with zero attached hydrogens (tertiary/aromatic N) is 4. The van der Waals surface area contributed by atoms with Gasteiger partial charge in [-0.2, -0.15) is 18.2 Å². The highest BCUT2D eigenvalue weighted by molar-refractivity contribution is 5.87. The lowest BCUT2D eigenvalue weighted by Crippen LogP contribution is -2.37. The van der Waals surface area contributed by atoms with E-state index in [9.17, 15) is 18.0 Å². The van der Waals surface area contributed by atoms with Gasteiger partial charge in [-0.25, -0.2) is 4.79 Å². The van der Waals surface area contributed by atoms with Crippen molar-refractivity contribution in [2.45, 2.75) is 38.0 Å². The molecule has 32 heavy (non-hydrogen) atoms. The molecule has 1 aliphatic rings. The molecule has 0 radical (unpaired) electrons. The second-order valence-electron chi connectivity index (χ2n) is 7.77. The van der Waals surface area contributed by atoms with E-state index in [4.69, 9.17) is 9.26 Å². The maximum Gasteiger partial charge on any atom is 0.416 e. The van der Waals surface area contributed by atoms with Gasteiger partial charge in [0.25, 0.3) is 0 Å². The van der Waals surface area contributed by atoms with Crippen molar-refractivity contribution in [3.63, 3.8) is 0 Å². The van der Waals surface area contributed by atoms with Crippen LogP contribution in [0.1, 0.15) is 53.8 Å². The molecule has 1 atom stereocenters. The Balaban J connectivity index is 1.43. The summed E-state index contributed by atoms with van der Waals surface area (Å²) in [6, 6.07) is 8.43. The maximum absolute atomic E-state index is 13.0. The van der Waals surface area contributed by atoms with Gasteiger partial charge in [-0.1, -0.05) is 17.3 Å². The molecule has 4 rings (SSSR count). The van der Waals surface area contributed by atoms with Gasteiger partial charge >= 0.3 is 12.1 Å². The average Bonchev–Trinajstić information content (AvgIpc) is 3.48. The van der Waals surface area contributed by atoms with Crippen LogP contribution in [0.2, 0.25) is 0 Å². The van der Waals surface area contributed by atoms with Crippen molar-refractivity contribution in [3.05, 3.63) is 59.7 Å². The van der Waals surface area contributed by atoms with Crippen LogP contribution in [0.15, 0.2) is 47.1 Å². The molecule has 3 heterocycles. The molecule has 0 aliphatic carbocycles. The first-order chi connectivity index (χ1) is 15.3. The largest absolute Gasteiger partial charge is 0.464 e. The van der Waals surface area contributed by atoms with Gasteiger partial charge in [-0.3, -0.25) is 4.90 Å². The third kappa shape index (κ3) is 4.40. The normalized spacial score (nSPS) is 16.8. The smallest absolute Gasteiger partial charge is 0.416 e. The Hall–Kier alpha value is -3.14. The molecule has 0 bridgehead atoms. The van der Waals surface area contributed by atoms with E-state index < -0.39 is 11.7 Å². The lowest BCUT2D eigenvalue weighted by molar-refractivity contribution is -0.137. The van der Waals surface area contributed by atoms with Gasteiger partial charge in [0, 0.05) is 30.9 Å². The number of alkyl halides is 3. The number of carbonyl (C=O) groups is 1. The first-order valence-electron chi connectivity index (χ1n) is 10.3. The minimum absolute atomic E-state index is 0.128. The summed E-state index contributed by atoms with van der Waals surface area (Å²) >= 11 is 0. The van der Waals surface area contributed by atoms with Crippen molar-refractivity contribution >= 4 is 5.97 Å². The van der Waals surface area contributed by atoms with Crippen LogP contribution in [0.4, 0.5) is 13.2 Å². The molecular formula is C22H23F3N4O3. The Morgan fingerprint density at radius 3 is 2.66 bits per heavy atom. The van der Waals surface area contributed by atoms with Gasteiger partial charge in [0.05, 0.1) is 18.7 Å². The summed E-state index contributed by atoms with van der Waals surface area (Å²) in [5.74, 6) is 0.119. The lowest BCUT2D eigenvalue weighted by Gasteiger charge is -2.35. The van der Waals surface area contributed by atoms with E-state index >= 15 is 0 Å². The Labute approximate surface area is 182 Å². The molecule has 1 unspecified atom stereocenters. The van der Waals surface area contributed by atoms with Gasteiger partial charge < -0.3 is 13.8 Å². The molecule has 0 N–H and O–H groups in total. The molecule has 7 nitrogen and oxygen atoms in total. The van der Waals surface area contributed by atoms with Crippen LogP contribution in [-0.2, 0) is 10.9 Å². The first kappa shape index (κ1) is 22.1. The highest BCUT2D eigenvalue weighted by Gasteiger charge is 2.32. The fourth-order valence-electron chi connectivity index (χ4n) is 4.05. The second-order valence-corrected chi connectivity index (χ2v) is 7.77. The number of likely N-dealkylation sites (tertiary alicyclic amines) is 1. The van der Waals surface area contributed by atoms with E-state index in [1.165, 1.54) is 19.2 Å². The number of esters is 1. The average molecular weight is 448 g/mol. The van der Waals surface area contributed by atoms with Gasteiger partial charge in [0.2, 0.25) is 11.7 Å². The number of hydrogen-bond acceptors (Lipinski definition) is 6. The van der Waals surface area contributed by atoms with E-state index in [1.807, 2.05) is 23.8 Å². The molecular weight excluding hydrogens is 425 g/mol. The molecule has 1 fully saturated rings. The Bertz CT molecular complexity index is 1080. The highest BCUT2D eigenvalue weighted by Crippen LogP contribution is 2.33. The standard InChI is InChI=1S/C22H23F3N4O3/c1-14(20-26-19(27-32-20)15-5-3-6-16(13-15)22(23,24)25)28-11-8-17(9-12-28)29-10-4-7-18(29)21(30)31-2/h3-7,10,13-14,17H,8-9,11-12H2,1-2H3. The number of benzene rings is 1. The third-order valence-corrected chi connectivity index (χ3v) is 5.86. The number of hydrogen-bond donors (Lipinski definition) is 0. The zero-order chi connectivity index (χ0) is 22.9. The minimum Gasteiger partial charge on any atom is -0.464 e. The zero-order valence-corrected chi connectivity index (χ0v) is 17.7. The number of aromatic nitrogens is 3. The third-order valence-electron chi connectivity index (χ3n) is 5.86. The van der Waals surface area contributed by atoms with Crippen LogP contribution in [0.5, 0.6) is 0 Å². The molecule has 3 aromatic rings. The predicted octanol–water partition coefficient (Wildman–Crippen LogP) is 4.74. The molecule has 0 spiro atoms. The van der Waals surface area contributed by atoms with Gasteiger partial charge in [-0.15, -0.1) is 0 Å². The summed E-state index contributed by atoms with van der Waals surface area (Å²) in [7, 11) is 1.36. The van der Waals surface area contributed by atoms with Crippen LogP contribution in [-0.4, -0.2) is 45.8 Å². The summed E-state index contributed by atoms with van der Waals surface area (Å²) in [5, 5.41) is 3.89. The summed E-state index contributed by atoms with van der Waals surface area (Å²) in [5.41, 5.74) is 0.0260. The monoisotopic (exact) mass is 448 g/mol. The Morgan fingerprint density at radius 1 is 1.22 bits per heavy atom. The number of ether oxygens (including phenoxy) is 1. The van der Waals surface area contributed by atoms with Crippen LogP contribution in [0.25, 0.3) is 11.4 Å². The van der Waals surface area contributed by atoms with E-state index in [2.05, 4.69) is 15.0 Å². The maximum atomic E-state index is 13.0. The predicted molar refractivity (Wildman–Crippen MR) is 109 cm³/mol. The molecule has 2 aromatic heterocycles. The number of halogens is 3. The van der Waals surface area contributed by atoms with Crippen molar-refractivity contribution in [1.29, 1.82) is 0 Å². The zero-order valence-electron chi connectivity index (χ0n) is 17.7. The molecule has 1 aliphatic heterocycles. The molecule has 10 heteroatoms. The number of carbonyl (C=O) groups excluding carboxylic acids is 1. The van der Waals surface area contributed by atoms with E-state index in [1.54, 1.807) is 6.07 Å². The Morgan fingerprint density at radius 2 is 1.97 bits per heavy atom. The van der Waals surface area contributed by atoms with Crippen LogP contribution >= 0.6 is 0 Å². The van der Waals surface area contributed by atoms with Crippen molar-refractivity contribution in [2.24, 2.45) is 0 Å². The van der Waals surface area contributed by atoms with Crippen molar-refractivity contribution in [1.82, 2.24) is 19.6 Å². The SMILES string of the molecule is COC(=O)c1cccn1C1CCN(C(C)c2nc(-c3cccc(C(F)(F)F)c3)no2)CC1. The summed E-state index contributed by atoms with van der Waals surface area (Å²) in [6.45, 7) is 3.41. The van der Waals surface area contributed by atoms with Crippen molar-refractivity contribution in [2.75, 3.05) is 20.2 Å².